The number of amides is 1. The quantitative estimate of drug-likeness (QED) is 0.888. The molecule has 0 saturated carbocycles. The van der Waals surface area contributed by atoms with Crippen LogP contribution in [0.3, 0.4) is 0 Å². The first-order chi connectivity index (χ1) is 13.1. The number of aliphatic carboxylic acids is 1. The number of piperidine rings is 1. The molecule has 142 valence electrons. The average molecular weight is 368 g/mol. The van der Waals surface area contributed by atoms with Gasteiger partial charge in [-0.3, -0.25) is 9.59 Å². The van der Waals surface area contributed by atoms with Gasteiger partial charge in [-0.25, -0.2) is 0 Å². The highest BCUT2D eigenvalue weighted by atomic mass is 16.5. The molecular formula is C21H24N2O4. The van der Waals surface area contributed by atoms with Gasteiger partial charge in [0.1, 0.15) is 12.4 Å². The number of nitrogens with zero attached hydrogens (tertiary/aromatic N) is 2. The zero-order valence-corrected chi connectivity index (χ0v) is 15.3. The van der Waals surface area contributed by atoms with E-state index in [0.717, 1.165) is 37.3 Å². The van der Waals surface area contributed by atoms with Crippen LogP contribution in [0.2, 0.25) is 0 Å². The molecule has 1 fully saturated rings. The molecule has 0 bridgehead atoms. The average Bonchev–Trinajstić information content (AvgIpc) is 2.73. The summed E-state index contributed by atoms with van der Waals surface area (Å²) in [6.07, 6.45) is 9.48. The van der Waals surface area contributed by atoms with Crippen molar-refractivity contribution in [1.82, 2.24) is 4.90 Å². The van der Waals surface area contributed by atoms with Crippen molar-refractivity contribution in [2.45, 2.75) is 25.7 Å². The van der Waals surface area contributed by atoms with Gasteiger partial charge < -0.3 is 19.6 Å². The minimum absolute atomic E-state index is 0.0564. The number of carboxylic acids is 1. The predicted octanol–water partition coefficient (Wildman–Crippen LogP) is 3.06. The number of carbonyl (C=O) groups excluding carboxylic acids is 1. The second-order valence-corrected chi connectivity index (χ2v) is 7.21. The van der Waals surface area contributed by atoms with E-state index in [1.54, 1.807) is 6.08 Å². The van der Waals surface area contributed by atoms with Gasteiger partial charge in [-0.1, -0.05) is 6.08 Å². The zero-order valence-electron chi connectivity index (χ0n) is 15.3. The molecule has 4 rings (SSSR count). The normalized spacial score (nSPS) is 21.9. The molecule has 2 heterocycles. The van der Waals surface area contributed by atoms with Crippen LogP contribution in [-0.4, -0.2) is 48.1 Å². The van der Waals surface area contributed by atoms with E-state index < -0.39 is 11.9 Å². The third-order valence-corrected chi connectivity index (χ3v) is 5.39. The SMILES string of the molecule is O=C(O)C1C=C(N2CCOc3cc(C(=O)N4CCCCC4)ccc32)C=CC1. The molecule has 1 aromatic rings. The zero-order chi connectivity index (χ0) is 18.8. The van der Waals surface area contributed by atoms with Gasteiger partial charge in [-0.05, 0) is 56.0 Å². The van der Waals surface area contributed by atoms with Gasteiger partial charge >= 0.3 is 5.97 Å². The van der Waals surface area contributed by atoms with Crippen LogP contribution in [0.25, 0.3) is 0 Å². The fourth-order valence-electron chi connectivity index (χ4n) is 3.92. The van der Waals surface area contributed by atoms with E-state index in [2.05, 4.69) is 4.90 Å². The Bertz CT molecular complexity index is 808. The molecule has 1 unspecified atom stereocenters. The van der Waals surface area contributed by atoms with Crippen LogP contribution >= 0.6 is 0 Å². The lowest BCUT2D eigenvalue weighted by Gasteiger charge is -2.34. The summed E-state index contributed by atoms with van der Waals surface area (Å²) in [5, 5.41) is 9.31. The van der Waals surface area contributed by atoms with E-state index in [0.29, 0.717) is 30.9 Å². The summed E-state index contributed by atoms with van der Waals surface area (Å²) in [6, 6.07) is 5.57. The first-order valence-corrected chi connectivity index (χ1v) is 9.58. The maximum atomic E-state index is 12.8. The van der Waals surface area contributed by atoms with Crippen LogP contribution in [0.1, 0.15) is 36.0 Å². The number of rotatable bonds is 3. The number of carboxylic acid groups (broad SMARTS) is 1. The van der Waals surface area contributed by atoms with Crippen LogP contribution in [0, 0.1) is 5.92 Å². The van der Waals surface area contributed by atoms with Gasteiger partial charge in [-0.2, -0.15) is 0 Å². The van der Waals surface area contributed by atoms with Crippen LogP contribution in [0.4, 0.5) is 5.69 Å². The summed E-state index contributed by atoms with van der Waals surface area (Å²) < 4.78 is 5.82. The van der Waals surface area contributed by atoms with Crippen LogP contribution in [-0.2, 0) is 4.79 Å². The number of fused-ring (bicyclic) bond motifs is 1. The molecule has 6 nitrogen and oxygen atoms in total. The predicted molar refractivity (Wildman–Crippen MR) is 102 cm³/mol. The first kappa shape index (κ1) is 17.6. The van der Waals surface area contributed by atoms with Crippen LogP contribution in [0.15, 0.2) is 42.1 Å². The highest BCUT2D eigenvalue weighted by Crippen LogP contribution is 2.36. The second kappa shape index (κ2) is 7.47. The van der Waals surface area contributed by atoms with Gasteiger partial charge in [0.15, 0.2) is 0 Å². The van der Waals surface area contributed by atoms with Gasteiger partial charge in [0.2, 0.25) is 0 Å². The van der Waals surface area contributed by atoms with E-state index in [-0.39, 0.29) is 5.91 Å². The highest BCUT2D eigenvalue weighted by Gasteiger charge is 2.26. The number of hydrogen-bond acceptors (Lipinski definition) is 4. The monoisotopic (exact) mass is 368 g/mol. The smallest absolute Gasteiger partial charge is 0.310 e. The Labute approximate surface area is 158 Å². The third kappa shape index (κ3) is 3.56. The maximum absolute atomic E-state index is 12.8. The van der Waals surface area contributed by atoms with E-state index in [1.165, 1.54) is 6.42 Å². The van der Waals surface area contributed by atoms with Crippen molar-refractivity contribution in [3.8, 4) is 5.75 Å². The Balaban J connectivity index is 1.59. The molecule has 3 aliphatic rings. The van der Waals surface area contributed by atoms with Crippen molar-refractivity contribution < 1.29 is 19.4 Å². The Hall–Kier alpha value is -2.76. The Morgan fingerprint density at radius 3 is 2.70 bits per heavy atom. The van der Waals surface area contributed by atoms with Gasteiger partial charge in [0.25, 0.3) is 5.91 Å². The number of hydrogen-bond donors (Lipinski definition) is 1. The van der Waals surface area contributed by atoms with Crippen LogP contribution < -0.4 is 9.64 Å². The molecule has 0 spiro atoms. The molecule has 6 heteroatoms. The number of allylic oxidation sites excluding steroid dienone is 2. The van der Waals surface area contributed by atoms with Gasteiger partial charge in [-0.15, -0.1) is 0 Å². The van der Waals surface area contributed by atoms with E-state index in [9.17, 15) is 14.7 Å². The number of ether oxygens (including phenoxy) is 1. The Morgan fingerprint density at radius 1 is 1.11 bits per heavy atom. The first-order valence-electron chi connectivity index (χ1n) is 9.58. The Kier molecular flexibility index (Phi) is 4.88. The van der Waals surface area contributed by atoms with Crippen molar-refractivity contribution in [2.24, 2.45) is 5.92 Å². The van der Waals surface area contributed by atoms with Crippen LogP contribution in [0.5, 0.6) is 5.75 Å². The molecule has 0 radical (unpaired) electrons. The molecule has 0 aromatic heterocycles. The van der Waals surface area contributed by atoms with E-state index in [1.807, 2.05) is 35.3 Å². The van der Waals surface area contributed by atoms with Crippen molar-refractivity contribution in [3.05, 3.63) is 47.7 Å². The fraction of sp³-hybridized carbons (Fsp3) is 0.429. The lowest BCUT2D eigenvalue weighted by Crippen LogP contribution is -2.36. The second-order valence-electron chi connectivity index (χ2n) is 7.21. The topological polar surface area (TPSA) is 70.1 Å². The summed E-state index contributed by atoms with van der Waals surface area (Å²) in [5.41, 5.74) is 2.39. The standard InChI is InChI=1S/C21H24N2O4/c24-20(22-9-2-1-3-10-22)15-7-8-18-19(14-15)27-12-11-23(18)17-6-4-5-16(13-17)21(25)26/h4,6-8,13-14,16H,1-3,5,9-12H2,(H,25,26). The summed E-state index contributed by atoms with van der Waals surface area (Å²) in [7, 11) is 0. The molecule has 1 saturated heterocycles. The Morgan fingerprint density at radius 2 is 1.93 bits per heavy atom. The molecule has 27 heavy (non-hydrogen) atoms. The minimum atomic E-state index is -0.812. The molecule has 1 atom stereocenters. The number of benzene rings is 1. The summed E-state index contributed by atoms with van der Waals surface area (Å²) in [5.74, 6) is -0.583. The molecule has 1 aromatic carbocycles. The van der Waals surface area contributed by atoms with Crippen molar-refractivity contribution in [3.63, 3.8) is 0 Å². The summed E-state index contributed by atoms with van der Waals surface area (Å²) in [4.78, 5) is 28.1. The number of carbonyl (C=O) groups is 2. The minimum Gasteiger partial charge on any atom is -0.490 e. The number of likely N-dealkylation sites (tertiary alicyclic amines) is 1. The molecule has 1 N–H and O–H groups in total. The largest absolute Gasteiger partial charge is 0.490 e. The molecule has 2 aliphatic heterocycles. The lowest BCUT2D eigenvalue weighted by molar-refractivity contribution is -0.140. The van der Waals surface area contributed by atoms with Crippen molar-refractivity contribution in [2.75, 3.05) is 31.1 Å². The maximum Gasteiger partial charge on any atom is 0.310 e. The van der Waals surface area contributed by atoms with Crippen molar-refractivity contribution in [1.29, 1.82) is 0 Å². The fourth-order valence-corrected chi connectivity index (χ4v) is 3.92. The van der Waals surface area contributed by atoms with Gasteiger partial charge in [0.05, 0.1) is 18.2 Å². The van der Waals surface area contributed by atoms with E-state index in [4.69, 9.17) is 4.74 Å². The molecule has 1 aliphatic carbocycles. The van der Waals surface area contributed by atoms with Crippen molar-refractivity contribution >= 4 is 17.6 Å². The highest BCUT2D eigenvalue weighted by molar-refractivity contribution is 5.95. The molecule has 1 amide bonds. The molecular weight excluding hydrogens is 344 g/mol. The third-order valence-electron chi connectivity index (χ3n) is 5.39. The van der Waals surface area contributed by atoms with Gasteiger partial charge in [0, 0.05) is 24.4 Å². The van der Waals surface area contributed by atoms with E-state index >= 15 is 0 Å². The number of anilines is 1. The summed E-state index contributed by atoms with van der Waals surface area (Å²) >= 11 is 0. The lowest BCUT2D eigenvalue weighted by atomic mass is 9.98. The summed E-state index contributed by atoms with van der Waals surface area (Å²) in [6.45, 7) is 2.78.